The molecule has 1 saturated carbocycles. The first kappa shape index (κ1) is 19.5. The number of rotatable bonds is 5. The van der Waals surface area contributed by atoms with Crippen molar-refractivity contribution in [2.24, 2.45) is 17.3 Å². The van der Waals surface area contributed by atoms with Crippen molar-refractivity contribution in [1.29, 1.82) is 0 Å². The summed E-state index contributed by atoms with van der Waals surface area (Å²) in [5.41, 5.74) is 4.41. The second kappa shape index (κ2) is 7.21. The van der Waals surface area contributed by atoms with E-state index in [2.05, 4.69) is 29.6 Å². The van der Waals surface area contributed by atoms with E-state index in [0.29, 0.717) is 6.42 Å². The van der Waals surface area contributed by atoms with Crippen molar-refractivity contribution in [3.05, 3.63) is 59.7 Å². The largest absolute Gasteiger partial charge is 0.481 e. The number of fused-ring (bicyclic) bond motifs is 3. The molecule has 2 aromatic carbocycles. The number of amides is 1. The van der Waals surface area contributed by atoms with Crippen molar-refractivity contribution >= 4 is 12.1 Å². The van der Waals surface area contributed by atoms with E-state index >= 15 is 0 Å². The summed E-state index contributed by atoms with van der Waals surface area (Å²) in [6.07, 6.45) is 0.126. The lowest BCUT2D eigenvalue weighted by atomic mass is 9.53. The molecule has 5 heteroatoms. The molecule has 2 N–H and O–H groups in total. The van der Waals surface area contributed by atoms with Gasteiger partial charge in [0, 0.05) is 12.0 Å². The molecular weight excluding hydrogens is 366 g/mol. The summed E-state index contributed by atoms with van der Waals surface area (Å²) >= 11 is 0. The zero-order valence-corrected chi connectivity index (χ0v) is 17.0. The molecule has 152 valence electrons. The average molecular weight is 393 g/mol. The zero-order chi connectivity index (χ0) is 20.8. The number of carboxylic acid groups (broad SMARTS) is 1. The van der Waals surface area contributed by atoms with Crippen LogP contribution in [-0.2, 0) is 9.53 Å². The number of carbonyl (C=O) groups is 2. The van der Waals surface area contributed by atoms with Crippen molar-refractivity contribution < 1.29 is 19.4 Å². The van der Waals surface area contributed by atoms with Crippen LogP contribution in [0.25, 0.3) is 11.1 Å². The molecule has 2 aliphatic rings. The Balaban J connectivity index is 1.39. The number of aliphatic carboxylic acids is 1. The molecule has 2 aliphatic carbocycles. The first-order valence-electron chi connectivity index (χ1n) is 10.1. The van der Waals surface area contributed by atoms with Crippen LogP contribution in [0, 0.1) is 17.3 Å². The van der Waals surface area contributed by atoms with Gasteiger partial charge >= 0.3 is 12.1 Å². The van der Waals surface area contributed by atoms with E-state index in [9.17, 15) is 14.7 Å². The fourth-order valence-corrected chi connectivity index (χ4v) is 5.15. The minimum atomic E-state index is -0.764. The average Bonchev–Trinajstić information content (AvgIpc) is 2.99. The molecule has 3 atom stereocenters. The van der Waals surface area contributed by atoms with E-state index in [1.807, 2.05) is 45.0 Å². The molecule has 1 fully saturated rings. The van der Waals surface area contributed by atoms with Gasteiger partial charge in [0.2, 0.25) is 0 Å². The second-order valence-electron chi connectivity index (χ2n) is 8.81. The van der Waals surface area contributed by atoms with Crippen LogP contribution in [0.5, 0.6) is 0 Å². The first-order valence-corrected chi connectivity index (χ1v) is 10.1. The molecule has 0 bridgehead atoms. The van der Waals surface area contributed by atoms with E-state index in [0.717, 1.165) is 0 Å². The van der Waals surface area contributed by atoms with Crippen molar-refractivity contribution in [3.8, 4) is 11.1 Å². The maximum atomic E-state index is 12.5. The monoisotopic (exact) mass is 393 g/mol. The molecule has 0 radical (unpaired) electrons. The number of alkyl carbamates (subject to hydrolysis) is 1. The van der Waals surface area contributed by atoms with Crippen molar-refractivity contribution in [3.63, 3.8) is 0 Å². The Morgan fingerprint density at radius 3 is 2.17 bits per heavy atom. The molecule has 1 amide bonds. The van der Waals surface area contributed by atoms with Crippen LogP contribution in [0.4, 0.5) is 4.79 Å². The third-order valence-corrected chi connectivity index (χ3v) is 6.93. The molecule has 0 spiro atoms. The number of benzene rings is 2. The van der Waals surface area contributed by atoms with E-state index < -0.39 is 12.1 Å². The summed E-state index contributed by atoms with van der Waals surface area (Å²) in [7, 11) is 0. The Morgan fingerprint density at radius 1 is 1.10 bits per heavy atom. The van der Waals surface area contributed by atoms with Crippen LogP contribution in [0.3, 0.4) is 0 Å². The predicted octanol–water partition coefficient (Wildman–Crippen LogP) is 4.66. The van der Waals surface area contributed by atoms with Crippen molar-refractivity contribution in [2.75, 3.05) is 6.61 Å². The van der Waals surface area contributed by atoms with Gasteiger partial charge < -0.3 is 15.2 Å². The van der Waals surface area contributed by atoms with E-state index in [-0.39, 0.29) is 35.8 Å². The van der Waals surface area contributed by atoms with Gasteiger partial charge in [-0.3, -0.25) is 4.79 Å². The Kier molecular flexibility index (Phi) is 4.85. The fraction of sp³-hybridized carbons (Fsp3) is 0.417. The molecule has 5 nitrogen and oxygen atoms in total. The number of nitrogens with one attached hydrogen (secondary N) is 1. The van der Waals surface area contributed by atoms with Gasteiger partial charge in [-0.25, -0.2) is 4.79 Å². The van der Waals surface area contributed by atoms with Crippen LogP contribution < -0.4 is 5.32 Å². The number of ether oxygens (including phenoxy) is 1. The lowest BCUT2D eigenvalue weighted by molar-refractivity contribution is -0.160. The fourth-order valence-electron chi connectivity index (χ4n) is 5.15. The molecular formula is C24H27NO4. The Morgan fingerprint density at radius 2 is 1.66 bits per heavy atom. The van der Waals surface area contributed by atoms with Crippen LogP contribution in [0.15, 0.2) is 48.5 Å². The highest BCUT2D eigenvalue weighted by Gasteiger charge is 2.54. The van der Waals surface area contributed by atoms with Gasteiger partial charge in [-0.05, 0) is 46.9 Å². The maximum absolute atomic E-state index is 12.5. The molecule has 4 rings (SSSR count). The smallest absolute Gasteiger partial charge is 0.407 e. The summed E-state index contributed by atoms with van der Waals surface area (Å²) in [6.45, 7) is 6.11. The molecule has 29 heavy (non-hydrogen) atoms. The minimum absolute atomic E-state index is 0.0278. The Hall–Kier alpha value is -2.82. The number of hydrogen-bond donors (Lipinski definition) is 2. The molecule has 0 aliphatic heterocycles. The highest BCUT2D eigenvalue weighted by molar-refractivity contribution is 5.79. The summed E-state index contributed by atoms with van der Waals surface area (Å²) < 4.78 is 5.61. The van der Waals surface area contributed by atoms with Gasteiger partial charge in [0.15, 0.2) is 0 Å². The van der Waals surface area contributed by atoms with Gasteiger partial charge in [0.1, 0.15) is 6.61 Å². The highest BCUT2D eigenvalue weighted by atomic mass is 16.5. The molecule has 0 unspecified atom stereocenters. The van der Waals surface area contributed by atoms with Gasteiger partial charge in [-0.2, -0.15) is 0 Å². The lowest BCUT2D eigenvalue weighted by Gasteiger charge is -2.52. The molecule has 0 aromatic heterocycles. The molecule has 2 aromatic rings. The van der Waals surface area contributed by atoms with Gasteiger partial charge in [0.05, 0.1) is 5.92 Å². The number of carboxylic acids is 1. The van der Waals surface area contributed by atoms with Crippen LogP contribution in [0.1, 0.15) is 44.2 Å². The lowest BCUT2D eigenvalue weighted by Crippen LogP contribution is -2.56. The maximum Gasteiger partial charge on any atom is 0.407 e. The van der Waals surface area contributed by atoms with Crippen LogP contribution >= 0.6 is 0 Å². The topological polar surface area (TPSA) is 75.6 Å². The van der Waals surface area contributed by atoms with Crippen LogP contribution in [0.2, 0.25) is 0 Å². The third-order valence-electron chi connectivity index (χ3n) is 6.93. The van der Waals surface area contributed by atoms with Gasteiger partial charge in [-0.1, -0.05) is 62.4 Å². The third kappa shape index (κ3) is 3.28. The minimum Gasteiger partial charge on any atom is -0.481 e. The predicted molar refractivity (Wildman–Crippen MR) is 111 cm³/mol. The summed E-state index contributed by atoms with van der Waals surface area (Å²) in [4.78, 5) is 23.8. The number of carbonyl (C=O) groups excluding carboxylic acids is 1. The summed E-state index contributed by atoms with van der Waals surface area (Å²) in [5, 5.41) is 12.2. The zero-order valence-electron chi connectivity index (χ0n) is 17.0. The van der Waals surface area contributed by atoms with E-state index in [4.69, 9.17) is 4.74 Å². The molecule has 0 heterocycles. The normalized spacial score (nSPS) is 22.7. The van der Waals surface area contributed by atoms with Gasteiger partial charge in [-0.15, -0.1) is 0 Å². The SMILES string of the molecule is C[C@H](NC(=O)OCC1c2ccccc2-c2ccccc21)[C@@H]1C[C@H](C(=O)O)C1(C)C. The van der Waals surface area contributed by atoms with Crippen molar-refractivity contribution in [2.45, 2.75) is 39.2 Å². The van der Waals surface area contributed by atoms with Gasteiger partial charge in [0.25, 0.3) is 0 Å². The number of hydrogen-bond acceptors (Lipinski definition) is 3. The van der Waals surface area contributed by atoms with E-state index in [1.165, 1.54) is 22.3 Å². The summed E-state index contributed by atoms with van der Waals surface area (Å²) in [6, 6.07) is 16.3. The molecule has 0 saturated heterocycles. The Labute approximate surface area is 171 Å². The second-order valence-corrected chi connectivity index (χ2v) is 8.81. The van der Waals surface area contributed by atoms with E-state index in [1.54, 1.807) is 0 Å². The quantitative estimate of drug-likeness (QED) is 0.775. The van der Waals surface area contributed by atoms with Crippen LogP contribution in [-0.4, -0.2) is 29.8 Å². The highest BCUT2D eigenvalue weighted by Crippen LogP contribution is 2.53. The first-order chi connectivity index (χ1) is 13.8. The summed E-state index contributed by atoms with van der Waals surface area (Å²) in [5.74, 6) is -0.983. The standard InChI is InChI=1S/C24H27NO4/c1-14(20-12-21(22(26)27)24(20,2)3)25-23(28)29-13-19-17-10-6-4-8-15(17)16-9-5-7-11-18(16)19/h4-11,14,19-21H,12-13H2,1-3H3,(H,25,28)(H,26,27)/t14-,20-,21+/m0/s1. The Bertz CT molecular complexity index is 906. The van der Waals surface area contributed by atoms with Crippen molar-refractivity contribution in [1.82, 2.24) is 5.32 Å².